The molecule has 0 amide bonds. The van der Waals surface area contributed by atoms with Crippen molar-refractivity contribution >= 4 is 15.9 Å². The third-order valence-electron chi connectivity index (χ3n) is 3.62. The van der Waals surface area contributed by atoms with Crippen molar-refractivity contribution in [1.29, 1.82) is 0 Å². The van der Waals surface area contributed by atoms with Crippen LogP contribution in [0.4, 0.5) is 0 Å². The van der Waals surface area contributed by atoms with E-state index in [4.69, 9.17) is 0 Å². The molecule has 1 saturated carbocycles. The van der Waals surface area contributed by atoms with Crippen LogP contribution in [0.3, 0.4) is 0 Å². The molecule has 1 aromatic carbocycles. The summed E-state index contributed by atoms with van der Waals surface area (Å²) in [5, 5.41) is 10.2. The maximum Gasteiger partial charge on any atom is 0.0795 e. The van der Waals surface area contributed by atoms with Crippen LogP contribution in [-0.4, -0.2) is 5.11 Å². The minimum atomic E-state index is -0.281. The maximum absolute atomic E-state index is 10.2. The summed E-state index contributed by atoms with van der Waals surface area (Å²) >= 11 is 3.45. The Balaban J connectivity index is 2.04. The predicted molar refractivity (Wildman–Crippen MR) is 70.4 cm³/mol. The Morgan fingerprint density at radius 1 is 1.38 bits per heavy atom. The molecule has 1 aliphatic carbocycles. The van der Waals surface area contributed by atoms with Gasteiger partial charge in [-0.3, -0.25) is 0 Å². The lowest BCUT2D eigenvalue weighted by Gasteiger charge is -2.17. The monoisotopic (exact) mass is 282 g/mol. The Morgan fingerprint density at radius 3 is 2.69 bits per heavy atom. The highest BCUT2D eigenvalue weighted by Gasteiger charge is 2.20. The molecule has 1 N–H and O–H groups in total. The van der Waals surface area contributed by atoms with Crippen LogP contribution in [0.5, 0.6) is 0 Å². The smallest absolute Gasteiger partial charge is 0.0795 e. The van der Waals surface area contributed by atoms with Crippen molar-refractivity contribution in [2.45, 2.75) is 45.1 Å². The average molecular weight is 283 g/mol. The van der Waals surface area contributed by atoms with Gasteiger partial charge in [0.25, 0.3) is 0 Å². The summed E-state index contributed by atoms with van der Waals surface area (Å²) in [6.45, 7) is 2.07. The Bertz CT molecular complexity index is 356. The minimum Gasteiger partial charge on any atom is -0.388 e. The first-order valence-corrected chi connectivity index (χ1v) is 6.90. The first-order chi connectivity index (χ1) is 7.66. The molecule has 0 bridgehead atoms. The molecule has 0 heterocycles. The van der Waals surface area contributed by atoms with Crippen molar-refractivity contribution in [3.05, 3.63) is 33.8 Å². The number of hydrogen-bond donors (Lipinski definition) is 1. The number of rotatable bonds is 3. The molecule has 2 rings (SSSR count). The fourth-order valence-corrected chi connectivity index (χ4v) is 3.18. The van der Waals surface area contributed by atoms with E-state index in [9.17, 15) is 5.11 Å². The van der Waals surface area contributed by atoms with E-state index in [1.54, 1.807) is 0 Å². The Hall–Kier alpha value is -0.340. The van der Waals surface area contributed by atoms with Crippen LogP contribution >= 0.6 is 15.9 Å². The van der Waals surface area contributed by atoms with Gasteiger partial charge >= 0.3 is 0 Å². The van der Waals surface area contributed by atoms with Gasteiger partial charge in [-0.15, -0.1) is 0 Å². The van der Waals surface area contributed by atoms with Crippen LogP contribution in [-0.2, 0) is 0 Å². The molecule has 0 saturated heterocycles. The Morgan fingerprint density at radius 2 is 2.06 bits per heavy atom. The Labute approximate surface area is 106 Å². The number of aliphatic hydroxyl groups excluding tert-OH is 1. The molecule has 1 atom stereocenters. The van der Waals surface area contributed by atoms with E-state index in [-0.39, 0.29) is 6.10 Å². The van der Waals surface area contributed by atoms with Crippen LogP contribution in [0.2, 0.25) is 0 Å². The molecule has 0 aromatic heterocycles. The van der Waals surface area contributed by atoms with E-state index in [1.165, 1.54) is 31.2 Å². The second kappa shape index (κ2) is 5.33. The molecule has 1 nitrogen and oxygen atoms in total. The third-order valence-corrected chi connectivity index (χ3v) is 4.12. The molecule has 16 heavy (non-hydrogen) atoms. The summed E-state index contributed by atoms with van der Waals surface area (Å²) in [5.41, 5.74) is 2.27. The summed E-state index contributed by atoms with van der Waals surface area (Å²) in [5.74, 6) is 0.734. The topological polar surface area (TPSA) is 20.2 Å². The molecular formula is C14H19BrO. The van der Waals surface area contributed by atoms with E-state index in [0.29, 0.717) is 0 Å². The first-order valence-electron chi connectivity index (χ1n) is 6.11. The number of aryl methyl sites for hydroxylation is 1. The quantitative estimate of drug-likeness (QED) is 0.873. The molecule has 0 radical (unpaired) electrons. The van der Waals surface area contributed by atoms with E-state index in [1.807, 2.05) is 12.1 Å². The van der Waals surface area contributed by atoms with Gasteiger partial charge in [0.05, 0.1) is 6.10 Å². The lowest BCUT2D eigenvalue weighted by atomic mass is 9.93. The number of benzene rings is 1. The fourth-order valence-electron chi connectivity index (χ4n) is 2.70. The largest absolute Gasteiger partial charge is 0.388 e. The highest BCUT2D eigenvalue weighted by Crippen LogP contribution is 2.34. The van der Waals surface area contributed by atoms with E-state index in [2.05, 4.69) is 28.9 Å². The Kier molecular flexibility index (Phi) is 4.04. The molecule has 1 aromatic rings. The van der Waals surface area contributed by atoms with Crippen molar-refractivity contribution in [2.75, 3.05) is 0 Å². The summed E-state index contributed by atoms with van der Waals surface area (Å²) in [4.78, 5) is 0. The fraction of sp³-hybridized carbons (Fsp3) is 0.571. The molecule has 0 aliphatic heterocycles. The van der Waals surface area contributed by atoms with E-state index in [0.717, 1.165) is 22.4 Å². The van der Waals surface area contributed by atoms with Crippen molar-refractivity contribution in [3.8, 4) is 0 Å². The SMILES string of the molecule is Cc1cc(Br)ccc1C(O)CC1CCCC1. The summed E-state index contributed by atoms with van der Waals surface area (Å²) in [6.07, 6.45) is 5.94. The zero-order chi connectivity index (χ0) is 11.5. The maximum atomic E-state index is 10.2. The van der Waals surface area contributed by atoms with Crippen LogP contribution in [0.25, 0.3) is 0 Å². The van der Waals surface area contributed by atoms with Gasteiger partial charge in [0, 0.05) is 4.47 Å². The lowest BCUT2D eigenvalue weighted by Crippen LogP contribution is -2.05. The van der Waals surface area contributed by atoms with Gasteiger partial charge in [-0.25, -0.2) is 0 Å². The molecule has 1 unspecified atom stereocenters. The lowest BCUT2D eigenvalue weighted by molar-refractivity contribution is 0.144. The third kappa shape index (κ3) is 2.86. The first kappa shape index (κ1) is 12.1. The van der Waals surface area contributed by atoms with Crippen molar-refractivity contribution < 1.29 is 5.11 Å². The van der Waals surface area contributed by atoms with Crippen LogP contribution in [0.1, 0.15) is 49.3 Å². The zero-order valence-electron chi connectivity index (χ0n) is 9.75. The van der Waals surface area contributed by atoms with Gasteiger partial charge in [0.2, 0.25) is 0 Å². The van der Waals surface area contributed by atoms with Crippen molar-refractivity contribution in [1.82, 2.24) is 0 Å². The summed E-state index contributed by atoms with van der Waals surface area (Å²) in [7, 11) is 0. The van der Waals surface area contributed by atoms with E-state index >= 15 is 0 Å². The second-order valence-corrected chi connectivity index (χ2v) is 5.82. The molecule has 1 fully saturated rings. The standard InChI is InChI=1S/C14H19BrO/c1-10-8-12(15)6-7-13(10)14(16)9-11-4-2-3-5-11/h6-8,11,14,16H,2-5,9H2,1H3. The van der Waals surface area contributed by atoms with Crippen molar-refractivity contribution in [2.24, 2.45) is 5.92 Å². The van der Waals surface area contributed by atoms with E-state index < -0.39 is 0 Å². The number of aliphatic hydroxyl groups is 1. The van der Waals surface area contributed by atoms with Crippen LogP contribution in [0.15, 0.2) is 22.7 Å². The number of halogens is 1. The molecule has 0 spiro atoms. The highest BCUT2D eigenvalue weighted by molar-refractivity contribution is 9.10. The second-order valence-electron chi connectivity index (χ2n) is 4.90. The zero-order valence-corrected chi connectivity index (χ0v) is 11.3. The molecule has 2 heteroatoms. The normalized spacial score (nSPS) is 18.9. The van der Waals surface area contributed by atoms with Gasteiger partial charge in [-0.05, 0) is 42.5 Å². The van der Waals surface area contributed by atoms with Gasteiger partial charge in [0.15, 0.2) is 0 Å². The number of hydrogen-bond acceptors (Lipinski definition) is 1. The molecule has 88 valence electrons. The summed E-state index contributed by atoms with van der Waals surface area (Å²) < 4.78 is 1.09. The van der Waals surface area contributed by atoms with Gasteiger partial charge in [-0.2, -0.15) is 0 Å². The molecule has 1 aliphatic rings. The average Bonchev–Trinajstić information content (AvgIpc) is 2.70. The van der Waals surface area contributed by atoms with Crippen LogP contribution in [0, 0.1) is 12.8 Å². The van der Waals surface area contributed by atoms with Crippen molar-refractivity contribution in [3.63, 3.8) is 0 Å². The highest BCUT2D eigenvalue weighted by atomic mass is 79.9. The predicted octanol–water partition coefficient (Wildman–Crippen LogP) is 4.37. The van der Waals surface area contributed by atoms with Gasteiger partial charge < -0.3 is 5.11 Å². The van der Waals surface area contributed by atoms with Gasteiger partial charge in [-0.1, -0.05) is 47.7 Å². The molecular weight excluding hydrogens is 264 g/mol. The minimum absolute atomic E-state index is 0.281. The van der Waals surface area contributed by atoms with Crippen LogP contribution < -0.4 is 0 Å². The summed E-state index contributed by atoms with van der Waals surface area (Å²) in [6, 6.07) is 6.13. The van der Waals surface area contributed by atoms with Gasteiger partial charge in [0.1, 0.15) is 0 Å².